The number of H-pyrrole nitrogens is 1. The van der Waals surface area contributed by atoms with E-state index in [1.54, 1.807) is 0 Å². The molecule has 0 spiro atoms. The standard InChI is InChI=1S/C25H32N4O3S/c1-3-18(2)23(24-26-21-11-7-8-12-22(21)27-24)28-25(30)20-13-15-29(16-14-20)33(31,32)17-19-9-5-4-6-10-19/h4-12,18,20,23H,3,13-17H2,1-2H3,(H,26,27)(H,28,30). The van der Waals surface area contributed by atoms with Gasteiger partial charge >= 0.3 is 0 Å². The number of sulfonamides is 1. The summed E-state index contributed by atoms with van der Waals surface area (Å²) < 4.78 is 27.2. The molecular formula is C25H32N4O3S. The molecule has 2 heterocycles. The Hall–Kier alpha value is -2.71. The van der Waals surface area contributed by atoms with Gasteiger partial charge < -0.3 is 10.3 Å². The fourth-order valence-electron chi connectivity index (χ4n) is 4.38. The van der Waals surface area contributed by atoms with E-state index in [1.165, 1.54) is 4.31 Å². The lowest BCUT2D eigenvalue weighted by Gasteiger charge is -2.32. The van der Waals surface area contributed by atoms with Crippen LogP contribution in [0.15, 0.2) is 54.6 Å². The quantitative estimate of drug-likeness (QED) is 0.522. The minimum atomic E-state index is -3.40. The van der Waals surface area contributed by atoms with Gasteiger partial charge in [0.15, 0.2) is 0 Å². The Kier molecular flexibility index (Phi) is 7.14. The number of hydrogen-bond acceptors (Lipinski definition) is 4. The van der Waals surface area contributed by atoms with Crippen molar-refractivity contribution in [1.29, 1.82) is 0 Å². The predicted molar refractivity (Wildman–Crippen MR) is 130 cm³/mol. The van der Waals surface area contributed by atoms with Crippen LogP contribution in [0.25, 0.3) is 11.0 Å². The van der Waals surface area contributed by atoms with Gasteiger partial charge in [-0.2, -0.15) is 0 Å². The monoisotopic (exact) mass is 468 g/mol. The normalized spacial score (nSPS) is 17.6. The van der Waals surface area contributed by atoms with Crippen molar-refractivity contribution >= 4 is 27.0 Å². The predicted octanol–water partition coefficient (Wildman–Crippen LogP) is 4.01. The zero-order valence-corrected chi connectivity index (χ0v) is 20.0. The van der Waals surface area contributed by atoms with Crippen LogP contribution in [0.5, 0.6) is 0 Å². The first-order valence-corrected chi connectivity index (χ1v) is 13.2. The lowest BCUT2D eigenvalue weighted by Crippen LogP contribution is -2.44. The smallest absolute Gasteiger partial charge is 0.223 e. The van der Waals surface area contributed by atoms with Crippen LogP contribution in [-0.4, -0.2) is 41.7 Å². The van der Waals surface area contributed by atoms with Crippen LogP contribution in [0.3, 0.4) is 0 Å². The summed E-state index contributed by atoms with van der Waals surface area (Å²) >= 11 is 0. The minimum absolute atomic E-state index is 0.00710. The van der Waals surface area contributed by atoms with Crippen LogP contribution in [0.1, 0.15) is 50.5 Å². The number of amides is 1. The molecule has 0 bridgehead atoms. The summed E-state index contributed by atoms with van der Waals surface area (Å²) in [4.78, 5) is 21.2. The van der Waals surface area contributed by atoms with Crippen molar-refractivity contribution in [2.75, 3.05) is 13.1 Å². The molecule has 7 nitrogen and oxygen atoms in total. The number of imidazole rings is 1. The molecule has 33 heavy (non-hydrogen) atoms. The van der Waals surface area contributed by atoms with Gasteiger partial charge in [0.2, 0.25) is 15.9 Å². The lowest BCUT2D eigenvalue weighted by atomic mass is 9.94. The number of aromatic amines is 1. The third-order valence-corrected chi connectivity index (χ3v) is 8.47. The summed E-state index contributed by atoms with van der Waals surface area (Å²) in [7, 11) is -3.40. The van der Waals surface area contributed by atoms with E-state index >= 15 is 0 Å². The average molecular weight is 469 g/mol. The number of para-hydroxylation sites is 2. The van der Waals surface area contributed by atoms with E-state index in [2.05, 4.69) is 24.1 Å². The fourth-order valence-corrected chi connectivity index (χ4v) is 5.94. The van der Waals surface area contributed by atoms with E-state index in [9.17, 15) is 13.2 Å². The number of nitrogens with zero attached hydrogens (tertiary/aromatic N) is 2. The Morgan fingerprint density at radius 2 is 1.79 bits per heavy atom. The largest absolute Gasteiger partial charge is 0.346 e. The Morgan fingerprint density at radius 3 is 2.45 bits per heavy atom. The minimum Gasteiger partial charge on any atom is -0.346 e. The molecule has 2 atom stereocenters. The number of fused-ring (bicyclic) bond motifs is 1. The van der Waals surface area contributed by atoms with E-state index in [0.717, 1.165) is 28.8 Å². The van der Waals surface area contributed by atoms with E-state index in [1.807, 2.05) is 54.6 Å². The molecule has 1 fully saturated rings. The zero-order chi connectivity index (χ0) is 23.4. The maximum Gasteiger partial charge on any atom is 0.223 e. The average Bonchev–Trinajstić information content (AvgIpc) is 3.26. The molecule has 0 saturated carbocycles. The van der Waals surface area contributed by atoms with Crippen molar-refractivity contribution < 1.29 is 13.2 Å². The Bertz CT molecular complexity index is 1150. The highest BCUT2D eigenvalue weighted by Gasteiger charge is 2.33. The SMILES string of the molecule is CCC(C)C(NC(=O)C1CCN(S(=O)(=O)Cc2ccccc2)CC1)c1nc2ccccc2[nH]1. The summed E-state index contributed by atoms with van der Waals surface area (Å²) in [5.41, 5.74) is 2.61. The van der Waals surface area contributed by atoms with Crippen molar-refractivity contribution in [3.8, 4) is 0 Å². The number of carbonyl (C=O) groups excluding carboxylic acids is 1. The van der Waals surface area contributed by atoms with Gasteiger partial charge in [0.1, 0.15) is 5.82 Å². The van der Waals surface area contributed by atoms with Gasteiger partial charge in [-0.25, -0.2) is 17.7 Å². The van der Waals surface area contributed by atoms with Crippen molar-refractivity contribution in [2.24, 2.45) is 11.8 Å². The highest BCUT2D eigenvalue weighted by atomic mass is 32.2. The van der Waals surface area contributed by atoms with Crippen LogP contribution < -0.4 is 5.32 Å². The summed E-state index contributed by atoms with van der Waals surface area (Å²) in [5.74, 6) is 0.736. The third-order valence-electron chi connectivity index (χ3n) is 6.62. The molecule has 2 aromatic carbocycles. The molecule has 4 rings (SSSR count). The Labute approximate surface area is 195 Å². The summed E-state index contributed by atoms with van der Waals surface area (Å²) in [6, 6.07) is 16.8. The summed E-state index contributed by atoms with van der Waals surface area (Å²) in [6.07, 6.45) is 1.94. The second-order valence-corrected chi connectivity index (χ2v) is 10.9. The van der Waals surface area contributed by atoms with E-state index in [4.69, 9.17) is 4.98 Å². The second kappa shape index (κ2) is 10.1. The molecule has 2 N–H and O–H groups in total. The van der Waals surface area contributed by atoms with Crippen LogP contribution in [0.4, 0.5) is 0 Å². The Balaban J connectivity index is 1.39. The van der Waals surface area contributed by atoms with Crippen LogP contribution >= 0.6 is 0 Å². The van der Waals surface area contributed by atoms with Gasteiger partial charge in [-0.05, 0) is 36.5 Å². The molecule has 3 aromatic rings. The number of hydrogen-bond donors (Lipinski definition) is 2. The van der Waals surface area contributed by atoms with Crippen molar-refractivity contribution in [3.63, 3.8) is 0 Å². The molecule has 0 radical (unpaired) electrons. The zero-order valence-electron chi connectivity index (χ0n) is 19.2. The molecule has 8 heteroatoms. The van der Waals surface area contributed by atoms with Crippen LogP contribution in [0.2, 0.25) is 0 Å². The number of benzene rings is 2. The van der Waals surface area contributed by atoms with E-state index in [0.29, 0.717) is 25.9 Å². The first-order valence-electron chi connectivity index (χ1n) is 11.6. The summed E-state index contributed by atoms with van der Waals surface area (Å²) in [5, 5.41) is 3.21. The number of rotatable bonds is 8. The van der Waals surface area contributed by atoms with Gasteiger partial charge in [-0.15, -0.1) is 0 Å². The first kappa shape index (κ1) is 23.4. The number of aromatic nitrogens is 2. The maximum atomic E-state index is 13.1. The van der Waals surface area contributed by atoms with Gasteiger partial charge in [-0.3, -0.25) is 4.79 Å². The van der Waals surface area contributed by atoms with Gasteiger partial charge in [0, 0.05) is 19.0 Å². The van der Waals surface area contributed by atoms with Gasteiger partial charge in [-0.1, -0.05) is 62.7 Å². The molecule has 1 amide bonds. The van der Waals surface area contributed by atoms with Crippen LogP contribution in [0, 0.1) is 11.8 Å². The number of nitrogens with one attached hydrogen (secondary N) is 2. The van der Waals surface area contributed by atoms with Gasteiger partial charge in [0.05, 0.1) is 22.8 Å². The summed E-state index contributed by atoms with van der Waals surface area (Å²) in [6.45, 7) is 4.94. The van der Waals surface area contributed by atoms with Crippen molar-refractivity contribution in [3.05, 3.63) is 66.0 Å². The molecule has 2 unspecified atom stereocenters. The highest BCUT2D eigenvalue weighted by Crippen LogP contribution is 2.27. The molecule has 1 aliphatic rings. The van der Waals surface area contributed by atoms with E-state index < -0.39 is 10.0 Å². The molecule has 1 aromatic heterocycles. The van der Waals surface area contributed by atoms with Crippen molar-refractivity contribution in [2.45, 2.75) is 44.9 Å². The third kappa shape index (κ3) is 5.45. The van der Waals surface area contributed by atoms with Gasteiger partial charge in [0.25, 0.3) is 0 Å². The second-order valence-electron chi connectivity index (χ2n) is 8.93. The molecule has 176 valence electrons. The number of carbonyl (C=O) groups is 1. The fraction of sp³-hybridized carbons (Fsp3) is 0.440. The lowest BCUT2D eigenvalue weighted by molar-refractivity contribution is -0.127. The molecular weight excluding hydrogens is 436 g/mol. The number of piperidine rings is 1. The highest BCUT2D eigenvalue weighted by molar-refractivity contribution is 7.88. The van der Waals surface area contributed by atoms with E-state index in [-0.39, 0.29) is 29.5 Å². The van der Waals surface area contributed by atoms with Crippen LogP contribution in [-0.2, 0) is 20.6 Å². The molecule has 1 saturated heterocycles. The maximum absolute atomic E-state index is 13.1. The first-order chi connectivity index (χ1) is 15.9. The molecule has 1 aliphatic heterocycles. The Morgan fingerprint density at radius 1 is 1.12 bits per heavy atom. The van der Waals surface area contributed by atoms with Crippen molar-refractivity contribution in [1.82, 2.24) is 19.6 Å². The molecule has 0 aliphatic carbocycles. The topological polar surface area (TPSA) is 95.2 Å².